The molecule has 16 heavy (non-hydrogen) atoms. The number of rotatable bonds is 1. The van der Waals surface area contributed by atoms with Crippen molar-refractivity contribution >= 4 is 12.2 Å². The van der Waals surface area contributed by atoms with Gasteiger partial charge in [-0.05, 0) is 56.5 Å². The average molecular weight is 214 g/mol. The molecule has 84 valence electrons. The van der Waals surface area contributed by atoms with Gasteiger partial charge in [-0.15, -0.1) is 0 Å². The molecule has 0 aromatic carbocycles. The maximum atomic E-state index is 3.93. The fourth-order valence-corrected chi connectivity index (χ4v) is 2.26. The van der Waals surface area contributed by atoms with Gasteiger partial charge < -0.3 is 9.97 Å². The van der Waals surface area contributed by atoms with Gasteiger partial charge in [0.1, 0.15) is 0 Å². The standard InChI is InChI=1S/C14H18N2/c1-8-6-10(3)15-13(8)12(5)14-9(2)7-11(4)16-14/h6-7,15-16H,3H2,1-2,4-5H3. The summed E-state index contributed by atoms with van der Waals surface area (Å²) < 4.78 is 0. The van der Waals surface area contributed by atoms with E-state index in [0.717, 1.165) is 5.35 Å². The highest BCUT2D eigenvalue weighted by molar-refractivity contribution is 5.63. The molecule has 2 nitrogen and oxygen atoms in total. The molecule has 2 rings (SSSR count). The van der Waals surface area contributed by atoms with Crippen LogP contribution in [0.3, 0.4) is 0 Å². The first kappa shape index (κ1) is 10.8. The third-order valence-corrected chi connectivity index (χ3v) is 2.97. The second-order valence-corrected chi connectivity index (χ2v) is 4.49. The Morgan fingerprint density at radius 3 is 2.19 bits per heavy atom. The summed E-state index contributed by atoms with van der Waals surface area (Å²) in [4.78, 5) is 6.71. The third-order valence-electron chi connectivity index (χ3n) is 2.97. The van der Waals surface area contributed by atoms with E-state index in [0.29, 0.717) is 0 Å². The molecule has 0 fully saturated rings. The maximum Gasteiger partial charge on any atom is 0.0465 e. The Hall–Kier alpha value is -1.70. The quantitative estimate of drug-likeness (QED) is 0.726. The molecule has 2 N–H and O–H groups in total. The molecule has 0 radical (unpaired) electrons. The Labute approximate surface area is 95.7 Å². The summed E-state index contributed by atoms with van der Waals surface area (Å²) in [6.07, 6.45) is 0. The van der Waals surface area contributed by atoms with Gasteiger partial charge in [0.05, 0.1) is 0 Å². The molecule has 2 heterocycles. The van der Waals surface area contributed by atoms with Gasteiger partial charge in [0.25, 0.3) is 0 Å². The first-order chi connectivity index (χ1) is 7.49. The summed E-state index contributed by atoms with van der Waals surface area (Å²) in [7, 11) is 0. The minimum Gasteiger partial charge on any atom is -0.359 e. The van der Waals surface area contributed by atoms with E-state index in [1.54, 1.807) is 0 Å². The normalized spacial score (nSPS) is 13.0. The van der Waals surface area contributed by atoms with Crippen molar-refractivity contribution in [3.8, 4) is 0 Å². The number of nitrogens with one attached hydrogen (secondary N) is 2. The van der Waals surface area contributed by atoms with Gasteiger partial charge in [0, 0.05) is 22.1 Å². The van der Waals surface area contributed by atoms with E-state index in [1.165, 1.54) is 33.4 Å². The Morgan fingerprint density at radius 2 is 1.75 bits per heavy atom. The van der Waals surface area contributed by atoms with Crippen molar-refractivity contribution in [1.29, 1.82) is 0 Å². The third kappa shape index (κ3) is 1.71. The molecule has 0 aliphatic heterocycles. The summed E-state index contributed by atoms with van der Waals surface area (Å²) in [5, 5.41) is 2.14. The second kappa shape index (κ2) is 3.71. The van der Waals surface area contributed by atoms with Crippen molar-refractivity contribution in [3.63, 3.8) is 0 Å². The van der Waals surface area contributed by atoms with Gasteiger partial charge in [0.2, 0.25) is 0 Å². The first-order valence-corrected chi connectivity index (χ1v) is 5.51. The van der Waals surface area contributed by atoms with Crippen molar-refractivity contribution in [3.05, 3.63) is 45.3 Å². The van der Waals surface area contributed by atoms with E-state index in [-0.39, 0.29) is 0 Å². The molecule has 0 bridgehead atoms. The van der Waals surface area contributed by atoms with Crippen molar-refractivity contribution in [2.45, 2.75) is 27.7 Å². The molecule has 0 aliphatic rings. The highest BCUT2D eigenvalue weighted by Crippen LogP contribution is 2.15. The van der Waals surface area contributed by atoms with Gasteiger partial charge in [-0.1, -0.05) is 6.58 Å². The maximum absolute atomic E-state index is 3.93. The van der Waals surface area contributed by atoms with Crippen LogP contribution in [-0.4, -0.2) is 9.97 Å². The second-order valence-electron chi connectivity index (χ2n) is 4.49. The van der Waals surface area contributed by atoms with Gasteiger partial charge in [0.15, 0.2) is 0 Å². The highest BCUT2D eigenvalue weighted by atomic mass is 14.7. The van der Waals surface area contributed by atoms with E-state index in [9.17, 15) is 0 Å². The SMILES string of the molecule is C=c1cc(C)c(=C(C)c2[nH]c(C)cc2C)[nH]1. The van der Waals surface area contributed by atoms with Crippen LogP contribution < -0.4 is 10.7 Å². The van der Waals surface area contributed by atoms with Gasteiger partial charge >= 0.3 is 0 Å². The molecule has 2 aromatic rings. The Balaban J connectivity index is 2.74. The van der Waals surface area contributed by atoms with E-state index < -0.39 is 0 Å². The van der Waals surface area contributed by atoms with Crippen LogP contribution in [0.15, 0.2) is 12.1 Å². The van der Waals surface area contributed by atoms with Crippen molar-refractivity contribution in [2.24, 2.45) is 0 Å². The zero-order valence-corrected chi connectivity index (χ0v) is 10.4. The zero-order chi connectivity index (χ0) is 11.9. The van der Waals surface area contributed by atoms with Gasteiger partial charge in [-0.2, -0.15) is 0 Å². The topological polar surface area (TPSA) is 31.6 Å². The van der Waals surface area contributed by atoms with Crippen LogP contribution in [0.25, 0.3) is 12.2 Å². The van der Waals surface area contributed by atoms with E-state index in [4.69, 9.17) is 0 Å². The number of aromatic nitrogens is 2. The zero-order valence-electron chi connectivity index (χ0n) is 10.4. The number of hydrogen-bond donors (Lipinski definition) is 2. The Bertz CT molecular complexity index is 626. The van der Waals surface area contributed by atoms with Crippen LogP contribution in [0.1, 0.15) is 29.4 Å². The van der Waals surface area contributed by atoms with Crippen molar-refractivity contribution in [1.82, 2.24) is 9.97 Å². The van der Waals surface area contributed by atoms with Gasteiger partial charge in [-0.3, -0.25) is 0 Å². The number of aryl methyl sites for hydroxylation is 3. The smallest absolute Gasteiger partial charge is 0.0465 e. The fraction of sp³-hybridized carbons (Fsp3) is 0.286. The van der Waals surface area contributed by atoms with Crippen molar-refractivity contribution in [2.75, 3.05) is 0 Å². The summed E-state index contributed by atoms with van der Waals surface area (Å²) in [6.45, 7) is 12.4. The Morgan fingerprint density at radius 1 is 1.06 bits per heavy atom. The molecule has 2 aromatic heterocycles. The van der Waals surface area contributed by atoms with Crippen LogP contribution in [0.2, 0.25) is 0 Å². The summed E-state index contributed by atoms with van der Waals surface area (Å²) in [6, 6.07) is 4.24. The minimum atomic E-state index is 0.966. The molecule has 0 aliphatic carbocycles. The predicted molar refractivity (Wildman–Crippen MR) is 68.8 cm³/mol. The molecule has 2 heteroatoms. The minimum absolute atomic E-state index is 0.966. The monoisotopic (exact) mass is 214 g/mol. The summed E-state index contributed by atoms with van der Waals surface area (Å²) >= 11 is 0. The van der Waals surface area contributed by atoms with Crippen LogP contribution in [-0.2, 0) is 0 Å². The van der Waals surface area contributed by atoms with Crippen LogP contribution >= 0.6 is 0 Å². The fourth-order valence-electron chi connectivity index (χ4n) is 2.26. The molecule has 0 spiro atoms. The lowest BCUT2D eigenvalue weighted by Crippen LogP contribution is -2.13. The average Bonchev–Trinajstić information content (AvgIpc) is 2.68. The number of hydrogen-bond acceptors (Lipinski definition) is 0. The van der Waals surface area contributed by atoms with E-state index in [2.05, 4.69) is 56.4 Å². The lowest BCUT2D eigenvalue weighted by molar-refractivity contribution is 1.18. The lowest BCUT2D eigenvalue weighted by Gasteiger charge is -2.00. The molecular weight excluding hydrogens is 196 g/mol. The first-order valence-electron chi connectivity index (χ1n) is 5.51. The van der Waals surface area contributed by atoms with Crippen LogP contribution in [0.4, 0.5) is 0 Å². The van der Waals surface area contributed by atoms with E-state index >= 15 is 0 Å². The van der Waals surface area contributed by atoms with Gasteiger partial charge in [-0.25, -0.2) is 0 Å². The molecular formula is C14H18N2. The molecule has 0 atom stereocenters. The molecule has 0 unspecified atom stereocenters. The largest absolute Gasteiger partial charge is 0.359 e. The number of H-pyrrole nitrogens is 2. The van der Waals surface area contributed by atoms with E-state index in [1.807, 2.05) is 0 Å². The molecule has 0 saturated carbocycles. The van der Waals surface area contributed by atoms with Crippen LogP contribution in [0.5, 0.6) is 0 Å². The molecule has 0 amide bonds. The summed E-state index contributed by atoms with van der Waals surface area (Å²) in [5.74, 6) is 0. The highest BCUT2D eigenvalue weighted by Gasteiger charge is 2.06. The molecule has 0 saturated heterocycles. The predicted octanol–water partition coefficient (Wildman–Crippen LogP) is 1.90. The van der Waals surface area contributed by atoms with Crippen LogP contribution in [0, 0.1) is 20.8 Å². The number of aromatic amines is 2. The lowest BCUT2D eigenvalue weighted by atomic mass is 10.1. The Kier molecular flexibility index (Phi) is 2.50. The van der Waals surface area contributed by atoms with Crippen molar-refractivity contribution < 1.29 is 0 Å². The summed E-state index contributed by atoms with van der Waals surface area (Å²) in [5.41, 5.74) is 6.19.